The van der Waals surface area contributed by atoms with E-state index >= 15 is 0 Å². The van der Waals surface area contributed by atoms with E-state index in [1.807, 2.05) is 0 Å². The van der Waals surface area contributed by atoms with Gasteiger partial charge in [-0.05, 0) is 36.2 Å². The summed E-state index contributed by atoms with van der Waals surface area (Å²) < 4.78 is 10.3. The molecule has 2 aromatic rings. The van der Waals surface area contributed by atoms with Crippen molar-refractivity contribution in [3.05, 3.63) is 58.1 Å². The third-order valence-electron chi connectivity index (χ3n) is 4.71. The summed E-state index contributed by atoms with van der Waals surface area (Å²) in [5.74, 6) is -1.43. The molecule has 1 N–H and O–H groups in total. The minimum Gasteiger partial charge on any atom is -0.478 e. The highest BCUT2D eigenvalue weighted by Crippen LogP contribution is 2.38. The standard InChI is InChI=1S/C21H21N3O7/c1-12(2)19-20(26)23(16-9-8-15(24(28)29)10-17(16)31-19)11-18(25)22-14-6-4-13(5-7-14)21(27)30-3/h4-10,12,19H,11H2,1-3H3,(H,22,25). The molecule has 0 saturated heterocycles. The number of fused-ring (bicyclic) bond motifs is 1. The second kappa shape index (κ2) is 8.82. The van der Waals surface area contributed by atoms with Crippen molar-refractivity contribution >= 4 is 34.8 Å². The average Bonchev–Trinajstić information content (AvgIpc) is 2.74. The molecule has 0 saturated carbocycles. The van der Waals surface area contributed by atoms with Gasteiger partial charge in [0.25, 0.3) is 11.6 Å². The number of hydrogen-bond acceptors (Lipinski definition) is 7. The van der Waals surface area contributed by atoms with E-state index in [0.29, 0.717) is 11.3 Å². The topological polar surface area (TPSA) is 128 Å². The average molecular weight is 427 g/mol. The van der Waals surface area contributed by atoms with Crippen molar-refractivity contribution in [3.8, 4) is 5.75 Å². The van der Waals surface area contributed by atoms with Gasteiger partial charge >= 0.3 is 5.97 Å². The van der Waals surface area contributed by atoms with Crippen LogP contribution in [-0.2, 0) is 14.3 Å². The van der Waals surface area contributed by atoms with Crippen molar-refractivity contribution < 1.29 is 28.8 Å². The Balaban J connectivity index is 1.82. The van der Waals surface area contributed by atoms with Crippen molar-refractivity contribution in [1.29, 1.82) is 0 Å². The number of non-ortho nitro benzene ring substituents is 1. The molecule has 1 aliphatic rings. The summed E-state index contributed by atoms with van der Waals surface area (Å²) in [7, 11) is 1.27. The number of anilines is 2. The molecule has 1 unspecified atom stereocenters. The van der Waals surface area contributed by atoms with Gasteiger partial charge in [-0.25, -0.2) is 4.79 Å². The van der Waals surface area contributed by atoms with Gasteiger partial charge in [0.05, 0.1) is 29.4 Å². The number of nitro benzene ring substituents is 1. The normalized spacial score (nSPS) is 15.2. The molecule has 1 aliphatic heterocycles. The lowest BCUT2D eigenvalue weighted by molar-refractivity contribution is -0.384. The molecule has 1 atom stereocenters. The first-order valence-corrected chi connectivity index (χ1v) is 9.46. The van der Waals surface area contributed by atoms with Gasteiger partial charge in [0, 0.05) is 11.8 Å². The van der Waals surface area contributed by atoms with Crippen LogP contribution in [0, 0.1) is 16.0 Å². The van der Waals surface area contributed by atoms with Gasteiger partial charge in [-0.1, -0.05) is 13.8 Å². The van der Waals surface area contributed by atoms with E-state index in [9.17, 15) is 24.5 Å². The minimum atomic E-state index is -0.873. The lowest BCUT2D eigenvalue weighted by atomic mass is 10.0. The van der Waals surface area contributed by atoms with Crippen LogP contribution in [0.15, 0.2) is 42.5 Å². The highest BCUT2D eigenvalue weighted by molar-refractivity contribution is 6.06. The largest absolute Gasteiger partial charge is 0.478 e. The summed E-state index contributed by atoms with van der Waals surface area (Å²) in [5.41, 5.74) is 0.872. The fraction of sp³-hybridized carbons (Fsp3) is 0.286. The van der Waals surface area contributed by atoms with E-state index in [-0.39, 0.29) is 29.6 Å². The minimum absolute atomic E-state index is 0.169. The number of benzene rings is 2. The molecule has 1 heterocycles. The van der Waals surface area contributed by atoms with Gasteiger partial charge in [0.15, 0.2) is 11.9 Å². The Kier molecular flexibility index (Phi) is 6.19. The van der Waals surface area contributed by atoms with Crippen molar-refractivity contribution in [2.24, 2.45) is 5.92 Å². The van der Waals surface area contributed by atoms with Crippen LogP contribution in [0.1, 0.15) is 24.2 Å². The van der Waals surface area contributed by atoms with Gasteiger partial charge in [-0.3, -0.25) is 24.6 Å². The summed E-state index contributed by atoms with van der Waals surface area (Å²) in [6.45, 7) is 3.26. The number of esters is 1. The Morgan fingerprint density at radius 3 is 2.48 bits per heavy atom. The summed E-state index contributed by atoms with van der Waals surface area (Å²) >= 11 is 0. The molecule has 2 aromatic carbocycles. The van der Waals surface area contributed by atoms with Crippen molar-refractivity contribution in [2.75, 3.05) is 23.9 Å². The van der Waals surface area contributed by atoms with Crippen LogP contribution in [0.25, 0.3) is 0 Å². The molecule has 0 fully saturated rings. The van der Waals surface area contributed by atoms with E-state index in [4.69, 9.17) is 4.74 Å². The zero-order chi connectivity index (χ0) is 22.7. The quantitative estimate of drug-likeness (QED) is 0.426. The number of methoxy groups -OCH3 is 1. The van der Waals surface area contributed by atoms with Crippen LogP contribution in [0.3, 0.4) is 0 Å². The van der Waals surface area contributed by atoms with Crippen LogP contribution in [-0.4, -0.2) is 42.5 Å². The molecule has 0 aromatic heterocycles. The third-order valence-corrected chi connectivity index (χ3v) is 4.71. The molecular formula is C21H21N3O7. The second-order valence-electron chi connectivity index (χ2n) is 7.23. The highest BCUT2D eigenvalue weighted by atomic mass is 16.6. The molecule has 10 heteroatoms. The molecule has 0 radical (unpaired) electrons. The van der Waals surface area contributed by atoms with Gasteiger partial charge in [-0.15, -0.1) is 0 Å². The van der Waals surface area contributed by atoms with Crippen LogP contribution in [0.4, 0.5) is 17.1 Å². The number of rotatable bonds is 6. The first-order chi connectivity index (χ1) is 14.7. The third kappa shape index (κ3) is 4.63. The maximum absolute atomic E-state index is 12.9. The van der Waals surface area contributed by atoms with Crippen LogP contribution in [0.5, 0.6) is 5.75 Å². The molecule has 162 valence electrons. The summed E-state index contributed by atoms with van der Waals surface area (Å²) in [5, 5.41) is 13.8. The van der Waals surface area contributed by atoms with Gasteiger partial charge in [0.1, 0.15) is 6.54 Å². The molecule has 0 bridgehead atoms. The fourth-order valence-electron chi connectivity index (χ4n) is 3.13. The smallest absolute Gasteiger partial charge is 0.337 e. The number of ether oxygens (including phenoxy) is 2. The molecule has 2 amide bonds. The Morgan fingerprint density at radius 1 is 1.23 bits per heavy atom. The van der Waals surface area contributed by atoms with Crippen molar-refractivity contribution in [2.45, 2.75) is 20.0 Å². The number of carbonyl (C=O) groups is 3. The van der Waals surface area contributed by atoms with Crippen LogP contribution in [0.2, 0.25) is 0 Å². The first kappa shape index (κ1) is 21.8. The van der Waals surface area contributed by atoms with E-state index < -0.39 is 28.8 Å². The van der Waals surface area contributed by atoms with E-state index in [2.05, 4.69) is 10.1 Å². The Hall–Kier alpha value is -3.95. The van der Waals surface area contributed by atoms with E-state index in [0.717, 1.165) is 0 Å². The zero-order valence-corrected chi connectivity index (χ0v) is 17.2. The zero-order valence-electron chi connectivity index (χ0n) is 17.2. The van der Waals surface area contributed by atoms with Gasteiger partial charge in [0.2, 0.25) is 5.91 Å². The second-order valence-corrected chi connectivity index (χ2v) is 7.23. The van der Waals surface area contributed by atoms with E-state index in [1.54, 1.807) is 26.0 Å². The summed E-state index contributed by atoms with van der Waals surface area (Å²) in [4.78, 5) is 48.8. The number of nitro groups is 1. The summed E-state index contributed by atoms with van der Waals surface area (Å²) in [6.07, 6.45) is -0.873. The molecular weight excluding hydrogens is 406 g/mol. The predicted octanol–water partition coefficient (Wildman–Crippen LogP) is 2.77. The highest BCUT2D eigenvalue weighted by Gasteiger charge is 2.38. The number of nitrogens with one attached hydrogen (secondary N) is 1. The lowest BCUT2D eigenvalue weighted by Crippen LogP contribution is -2.50. The van der Waals surface area contributed by atoms with Crippen LogP contribution < -0.4 is 15.0 Å². The number of amides is 2. The summed E-state index contributed by atoms with van der Waals surface area (Å²) in [6, 6.07) is 9.98. The monoisotopic (exact) mass is 427 g/mol. The molecule has 3 rings (SSSR count). The fourth-order valence-corrected chi connectivity index (χ4v) is 3.13. The van der Waals surface area contributed by atoms with Crippen molar-refractivity contribution in [1.82, 2.24) is 0 Å². The maximum atomic E-state index is 12.9. The van der Waals surface area contributed by atoms with Crippen LogP contribution >= 0.6 is 0 Å². The lowest BCUT2D eigenvalue weighted by Gasteiger charge is -2.35. The molecule has 31 heavy (non-hydrogen) atoms. The van der Waals surface area contributed by atoms with Crippen molar-refractivity contribution in [3.63, 3.8) is 0 Å². The Bertz CT molecular complexity index is 1030. The Labute approximate surface area is 177 Å². The number of nitrogens with zero attached hydrogens (tertiary/aromatic N) is 2. The van der Waals surface area contributed by atoms with Gasteiger partial charge < -0.3 is 14.8 Å². The van der Waals surface area contributed by atoms with E-state index in [1.165, 1.54) is 42.3 Å². The number of carbonyl (C=O) groups excluding carboxylic acids is 3. The number of hydrogen-bond donors (Lipinski definition) is 1. The van der Waals surface area contributed by atoms with Gasteiger partial charge in [-0.2, -0.15) is 0 Å². The maximum Gasteiger partial charge on any atom is 0.337 e. The molecule has 0 spiro atoms. The Morgan fingerprint density at radius 2 is 1.90 bits per heavy atom. The predicted molar refractivity (Wildman–Crippen MR) is 111 cm³/mol. The molecule has 0 aliphatic carbocycles. The first-order valence-electron chi connectivity index (χ1n) is 9.46. The molecule has 10 nitrogen and oxygen atoms in total. The SMILES string of the molecule is COC(=O)c1ccc(NC(=O)CN2C(=O)C(C(C)C)Oc3cc([N+](=O)[O-])ccc32)cc1.